The van der Waals surface area contributed by atoms with Gasteiger partial charge in [-0.15, -0.1) is 0 Å². The Hall–Kier alpha value is -0.850. The van der Waals surface area contributed by atoms with Gasteiger partial charge in [-0.25, -0.2) is 4.79 Å². The van der Waals surface area contributed by atoms with Crippen LogP contribution in [0, 0.1) is 17.8 Å². The van der Waals surface area contributed by atoms with Crippen LogP contribution < -0.4 is 0 Å². The predicted octanol–water partition coefficient (Wildman–Crippen LogP) is 2.03. The van der Waals surface area contributed by atoms with Crippen molar-refractivity contribution in [2.75, 3.05) is 0 Å². The topological polar surface area (TPSA) is 52.6 Å². The normalized spacial score (nSPS) is 46.7. The lowest BCUT2D eigenvalue weighted by atomic mass is 9.62. The van der Waals surface area contributed by atoms with Crippen LogP contribution in [-0.2, 0) is 19.1 Å². The van der Waals surface area contributed by atoms with E-state index in [-0.39, 0.29) is 39.2 Å². The summed E-state index contributed by atoms with van der Waals surface area (Å²) in [5.74, 6) is -0.475. The molecule has 0 spiro atoms. The largest absolute Gasteiger partial charge is 0.457 e. The summed E-state index contributed by atoms with van der Waals surface area (Å²) in [7, 11) is 0. The van der Waals surface area contributed by atoms with Gasteiger partial charge in [0.1, 0.15) is 6.10 Å². The molecule has 5 heteroatoms. The zero-order valence-corrected chi connectivity index (χ0v) is 12.9. The van der Waals surface area contributed by atoms with Gasteiger partial charge in [0, 0.05) is 12.0 Å². The molecule has 1 aliphatic heterocycles. The number of esters is 2. The van der Waals surface area contributed by atoms with Crippen molar-refractivity contribution in [3.63, 3.8) is 0 Å². The minimum atomic E-state index is -0.399. The third kappa shape index (κ3) is 1.70. The standard InChI is InChI=1S/C14H15IO4/c1-3-4-9(16)18-12-11-8-5-6-14(12,15)7(2)10(8)13(17)19-11/h3-8,10-12H,1-2H3. The Morgan fingerprint density at radius 3 is 3.00 bits per heavy atom. The van der Waals surface area contributed by atoms with Gasteiger partial charge < -0.3 is 9.47 Å². The van der Waals surface area contributed by atoms with Crippen LogP contribution in [0.5, 0.6) is 0 Å². The zero-order chi connectivity index (χ0) is 13.8. The first kappa shape index (κ1) is 13.1. The summed E-state index contributed by atoms with van der Waals surface area (Å²) in [5, 5.41) is 0. The van der Waals surface area contributed by atoms with Gasteiger partial charge in [0.2, 0.25) is 0 Å². The molecule has 1 heterocycles. The van der Waals surface area contributed by atoms with Crippen molar-refractivity contribution < 1.29 is 19.1 Å². The third-order valence-corrected chi connectivity index (χ3v) is 6.37. The summed E-state index contributed by atoms with van der Waals surface area (Å²) >= 11 is 2.30. The fraction of sp³-hybridized carbons (Fsp3) is 0.571. The predicted molar refractivity (Wildman–Crippen MR) is 76.6 cm³/mol. The molecule has 0 radical (unpaired) electrons. The van der Waals surface area contributed by atoms with Crippen molar-refractivity contribution in [2.24, 2.45) is 17.8 Å². The molecule has 0 aromatic heterocycles. The summed E-state index contributed by atoms with van der Waals surface area (Å²) < 4.78 is 10.7. The molecule has 1 saturated heterocycles. The first-order valence-corrected chi connectivity index (χ1v) is 7.49. The number of ether oxygens (including phenoxy) is 2. The van der Waals surface area contributed by atoms with Crippen LogP contribution in [0.1, 0.15) is 13.8 Å². The van der Waals surface area contributed by atoms with Crippen LogP contribution in [0.2, 0.25) is 0 Å². The van der Waals surface area contributed by atoms with Gasteiger partial charge in [-0.3, -0.25) is 4.79 Å². The third-order valence-electron chi connectivity index (χ3n) is 4.41. The van der Waals surface area contributed by atoms with E-state index in [2.05, 4.69) is 28.7 Å². The maximum atomic E-state index is 11.9. The average molecular weight is 374 g/mol. The highest BCUT2D eigenvalue weighted by Gasteiger charge is 2.66. The van der Waals surface area contributed by atoms with E-state index >= 15 is 0 Å². The van der Waals surface area contributed by atoms with E-state index in [1.807, 2.05) is 13.0 Å². The van der Waals surface area contributed by atoms with E-state index < -0.39 is 6.10 Å². The molecule has 4 nitrogen and oxygen atoms in total. The van der Waals surface area contributed by atoms with Crippen molar-refractivity contribution in [2.45, 2.75) is 29.5 Å². The van der Waals surface area contributed by atoms with E-state index in [4.69, 9.17) is 9.47 Å². The minimum absolute atomic E-state index is 0.0440. The van der Waals surface area contributed by atoms with Crippen molar-refractivity contribution in [1.29, 1.82) is 0 Å². The molecule has 4 rings (SSSR count). The van der Waals surface area contributed by atoms with Crippen molar-refractivity contribution in [3.05, 3.63) is 24.3 Å². The van der Waals surface area contributed by atoms with Crippen LogP contribution in [-0.4, -0.2) is 27.6 Å². The highest BCUT2D eigenvalue weighted by molar-refractivity contribution is 14.1. The molecule has 19 heavy (non-hydrogen) atoms. The molecule has 2 fully saturated rings. The molecular formula is C14H15IO4. The Bertz CT molecular complexity index is 498. The monoisotopic (exact) mass is 374 g/mol. The number of rotatable bonds is 2. The van der Waals surface area contributed by atoms with E-state index in [1.54, 1.807) is 13.0 Å². The van der Waals surface area contributed by atoms with Crippen LogP contribution in [0.25, 0.3) is 0 Å². The Morgan fingerprint density at radius 2 is 2.32 bits per heavy atom. The molecular weight excluding hydrogens is 359 g/mol. The van der Waals surface area contributed by atoms with Crippen LogP contribution in [0.3, 0.4) is 0 Å². The lowest BCUT2D eigenvalue weighted by Gasteiger charge is -2.49. The van der Waals surface area contributed by atoms with E-state index in [9.17, 15) is 9.59 Å². The maximum Gasteiger partial charge on any atom is 0.330 e. The lowest BCUT2D eigenvalue weighted by molar-refractivity contribution is -0.159. The smallest absolute Gasteiger partial charge is 0.330 e. The van der Waals surface area contributed by atoms with Gasteiger partial charge in [-0.2, -0.15) is 0 Å². The zero-order valence-electron chi connectivity index (χ0n) is 10.7. The van der Waals surface area contributed by atoms with Gasteiger partial charge in [0.25, 0.3) is 0 Å². The van der Waals surface area contributed by atoms with E-state index in [0.717, 1.165) is 0 Å². The number of carbonyl (C=O) groups is 2. The summed E-state index contributed by atoms with van der Waals surface area (Å²) in [6.45, 7) is 3.80. The second-order valence-electron chi connectivity index (χ2n) is 5.34. The van der Waals surface area contributed by atoms with E-state index in [1.165, 1.54) is 6.08 Å². The maximum absolute atomic E-state index is 11.9. The van der Waals surface area contributed by atoms with Gasteiger partial charge >= 0.3 is 11.9 Å². The molecule has 0 aromatic rings. The molecule has 1 saturated carbocycles. The molecule has 4 aliphatic rings. The van der Waals surface area contributed by atoms with Crippen molar-refractivity contribution in [3.8, 4) is 0 Å². The van der Waals surface area contributed by atoms with Crippen LogP contribution >= 0.6 is 22.6 Å². The molecule has 0 amide bonds. The highest BCUT2D eigenvalue weighted by atomic mass is 127. The first-order chi connectivity index (χ1) is 8.99. The molecule has 6 atom stereocenters. The fourth-order valence-corrected chi connectivity index (χ4v) is 4.51. The Morgan fingerprint density at radius 1 is 1.58 bits per heavy atom. The van der Waals surface area contributed by atoms with Gasteiger partial charge in [0.05, 0.1) is 9.34 Å². The quantitative estimate of drug-likeness (QED) is 0.244. The summed E-state index contributed by atoms with van der Waals surface area (Å²) in [5.41, 5.74) is 0. The molecule has 102 valence electrons. The Labute approximate surface area is 125 Å². The number of halogens is 1. The van der Waals surface area contributed by atoms with Crippen LogP contribution in [0.15, 0.2) is 24.3 Å². The van der Waals surface area contributed by atoms with Crippen molar-refractivity contribution in [1.82, 2.24) is 0 Å². The molecule has 6 unspecified atom stereocenters. The minimum Gasteiger partial charge on any atom is -0.457 e. The van der Waals surface area contributed by atoms with E-state index in [0.29, 0.717) is 0 Å². The van der Waals surface area contributed by atoms with Gasteiger partial charge in [-0.1, -0.05) is 47.7 Å². The van der Waals surface area contributed by atoms with Gasteiger partial charge in [-0.05, 0) is 12.8 Å². The number of carbonyl (C=O) groups excluding carboxylic acids is 2. The van der Waals surface area contributed by atoms with Gasteiger partial charge in [0.15, 0.2) is 6.10 Å². The number of hydrogen-bond acceptors (Lipinski definition) is 4. The number of allylic oxidation sites excluding steroid dienone is 1. The second-order valence-corrected chi connectivity index (χ2v) is 7.21. The lowest BCUT2D eigenvalue weighted by Crippen LogP contribution is -2.60. The SMILES string of the molecule is CC=CC(=O)OC1C2OC(=O)C3C2C=CC1(I)C3C. The summed E-state index contributed by atoms with van der Waals surface area (Å²) in [4.78, 5) is 23.7. The number of hydrogen-bond donors (Lipinski definition) is 0. The first-order valence-electron chi connectivity index (χ1n) is 6.41. The average Bonchev–Trinajstić information content (AvgIpc) is 2.66. The fourth-order valence-electron chi connectivity index (χ4n) is 3.43. The second kappa shape index (κ2) is 4.33. The Kier molecular flexibility index (Phi) is 2.99. The summed E-state index contributed by atoms with van der Waals surface area (Å²) in [6, 6.07) is 0. The van der Waals surface area contributed by atoms with Crippen LogP contribution in [0.4, 0.5) is 0 Å². The Balaban J connectivity index is 1.96. The molecule has 0 N–H and O–H groups in total. The number of alkyl halides is 1. The molecule has 4 bridgehead atoms. The highest BCUT2D eigenvalue weighted by Crippen LogP contribution is 2.57. The molecule has 3 aliphatic carbocycles. The molecule has 0 aromatic carbocycles. The summed E-state index contributed by atoms with van der Waals surface area (Å²) in [6.07, 6.45) is 6.43. The van der Waals surface area contributed by atoms with Crippen molar-refractivity contribution >= 4 is 34.5 Å².